The van der Waals surface area contributed by atoms with Gasteiger partial charge in [0.05, 0.1) is 24.3 Å². The molecule has 17 heavy (non-hydrogen) atoms. The van der Waals surface area contributed by atoms with E-state index in [0.29, 0.717) is 17.6 Å². The highest BCUT2D eigenvalue weighted by Crippen LogP contribution is 2.23. The lowest BCUT2D eigenvalue weighted by atomic mass is 10.1. The number of nitrogens with zero attached hydrogens (tertiary/aromatic N) is 2. The Morgan fingerprint density at radius 2 is 2.47 bits per heavy atom. The number of rotatable bonds is 3. The lowest BCUT2D eigenvalue weighted by Crippen LogP contribution is -2.45. The van der Waals surface area contributed by atoms with Crippen LogP contribution in [-0.2, 0) is 11.3 Å². The zero-order valence-corrected chi connectivity index (χ0v) is 10.8. The summed E-state index contributed by atoms with van der Waals surface area (Å²) in [5, 5.41) is 0.637. The molecule has 1 atom stereocenters. The van der Waals surface area contributed by atoms with E-state index in [9.17, 15) is 0 Å². The van der Waals surface area contributed by atoms with Crippen molar-refractivity contribution in [3.63, 3.8) is 0 Å². The standard InChI is InChI=1S/C12H18ClN3O/c1-2-10-8-17-4-3-16(10)12-5-9(6-14)11(13)7-15-12/h5,7,10H,2-4,6,8,14H2,1H3. The molecule has 4 nitrogen and oxygen atoms in total. The molecule has 2 N–H and O–H groups in total. The van der Waals surface area contributed by atoms with Crippen molar-refractivity contribution in [2.45, 2.75) is 25.9 Å². The minimum atomic E-state index is 0.392. The average Bonchev–Trinajstić information content (AvgIpc) is 2.39. The first-order chi connectivity index (χ1) is 8.26. The number of pyridine rings is 1. The van der Waals surface area contributed by atoms with Crippen LogP contribution in [0.5, 0.6) is 0 Å². The SMILES string of the molecule is CCC1COCCN1c1cc(CN)c(Cl)cn1. The van der Waals surface area contributed by atoms with E-state index >= 15 is 0 Å². The molecule has 1 aromatic rings. The molecule has 0 amide bonds. The first-order valence-corrected chi connectivity index (χ1v) is 6.33. The van der Waals surface area contributed by atoms with Crippen molar-refractivity contribution in [3.8, 4) is 0 Å². The molecular formula is C12H18ClN3O. The van der Waals surface area contributed by atoms with Gasteiger partial charge in [-0.25, -0.2) is 4.98 Å². The van der Waals surface area contributed by atoms with Gasteiger partial charge < -0.3 is 15.4 Å². The first-order valence-electron chi connectivity index (χ1n) is 5.95. The van der Waals surface area contributed by atoms with Crippen LogP contribution < -0.4 is 10.6 Å². The highest BCUT2D eigenvalue weighted by molar-refractivity contribution is 6.31. The van der Waals surface area contributed by atoms with E-state index in [2.05, 4.69) is 16.8 Å². The lowest BCUT2D eigenvalue weighted by molar-refractivity contribution is 0.0925. The van der Waals surface area contributed by atoms with E-state index in [-0.39, 0.29) is 0 Å². The van der Waals surface area contributed by atoms with Gasteiger partial charge in [0.2, 0.25) is 0 Å². The Hall–Kier alpha value is -0.840. The van der Waals surface area contributed by atoms with Crippen LogP contribution >= 0.6 is 11.6 Å². The highest BCUT2D eigenvalue weighted by atomic mass is 35.5. The number of anilines is 1. The van der Waals surface area contributed by atoms with Crippen molar-refractivity contribution < 1.29 is 4.74 Å². The van der Waals surface area contributed by atoms with Crippen LogP contribution in [0, 0.1) is 0 Å². The number of morpholine rings is 1. The molecule has 0 aliphatic carbocycles. The molecule has 1 aromatic heterocycles. The summed E-state index contributed by atoms with van der Waals surface area (Å²) >= 11 is 6.02. The molecule has 1 fully saturated rings. The van der Waals surface area contributed by atoms with Crippen LogP contribution in [-0.4, -0.2) is 30.8 Å². The van der Waals surface area contributed by atoms with Crippen molar-refractivity contribution in [2.75, 3.05) is 24.7 Å². The number of nitrogens with two attached hydrogens (primary N) is 1. The number of halogens is 1. The van der Waals surface area contributed by atoms with Crippen molar-refractivity contribution >= 4 is 17.4 Å². The topological polar surface area (TPSA) is 51.4 Å². The Morgan fingerprint density at radius 3 is 3.18 bits per heavy atom. The molecule has 0 radical (unpaired) electrons. The predicted molar refractivity (Wildman–Crippen MR) is 69.4 cm³/mol. The molecule has 0 bridgehead atoms. The van der Waals surface area contributed by atoms with E-state index in [4.69, 9.17) is 22.1 Å². The fourth-order valence-corrected chi connectivity index (χ4v) is 2.26. The van der Waals surface area contributed by atoms with Gasteiger partial charge in [-0.05, 0) is 18.1 Å². The molecule has 2 heterocycles. The van der Waals surface area contributed by atoms with Crippen LogP contribution in [0.15, 0.2) is 12.3 Å². The Bertz CT molecular complexity index is 386. The smallest absolute Gasteiger partial charge is 0.129 e. The summed E-state index contributed by atoms with van der Waals surface area (Å²) in [6.07, 6.45) is 2.73. The fraction of sp³-hybridized carbons (Fsp3) is 0.583. The summed E-state index contributed by atoms with van der Waals surface area (Å²) in [5.74, 6) is 0.949. The predicted octanol–water partition coefficient (Wildman–Crippen LogP) is 1.81. The summed E-state index contributed by atoms with van der Waals surface area (Å²) in [6.45, 7) is 4.98. The molecule has 2 rings (SSSR count). The van der Waals surface area contributed by atoms with Crippen molar-refractivity contribution in [3.05, 3.63) is 22.8 Å². The first kappa shape index (κ1) is 12.6. The van der Waals surface area contributed by atoms with Gasteiger partial charge in [-0.1, -0.05) is 18.5 Å². The summed E-state index contributed by atoms with van der Waals surface area (Å²) in [5.41, 5.74) is 6.60. The van der Waals surface area contributed by atoms with Crippen molar-refractivity contribution in [1.29, 1.82) is 0 Å². The van der Waals surface area contributed by atoms with Crippen molar-refractivity contribution in [1.82, 2.24) is 4.98 Å². The maximum absolute atomic E-state index is 6.02. The highest BCUT2D eigenvalue weighted by Gasteiger charge is 2.22. The second-order valence-electron chi connectivity index (χ2n) is 4.17. The summed E-state index contributed by atoms with van der Waals surface area (Å²) < 4.78 is 5.48. The monoisotopic (exact) mass is 255 g/mol. The molecule has 0 aromatic carbocycles. The van der Waals surface area contributed by atoms with Crippen LogP contribution in [0.2, 0.25) is 5.02 Å². The van der Waals surface area contributed by atoms with Crippen LogP contribution in [0.25, 0.3) is 0 Å². The molecule has 1 saturated heterocycles. The quantitative estimate of drug-likeness (QED) is 0.895. The number of hydrogen-bond donors (Lipinski definition) is 1. The number of hydrogen-bond acceptors (Lipinski definition) is 4. The minimum absolute atomic E-state index is 0.392. The van der Waals surface area contributed by atoms with E-state index in [1.54, 1.807) is 6.20 Å². The summed E-state index contributed by atoms with van der Waals surface area (Å²) in [4.78, 5) is 6.67. The van der Waals surface area contributed by atoms with E-state index in [0.717, 1.165) is 37.6 Å². The summed E-state index contributed by atoms with van der Waals surface area (Å²) in [7, 11) is 0. The van der Waals surface area contributed by atoms with E-state index in [1.165, 1.54) is 0 Å². The zero-order chi connectivity index (χ0) is 12.3. The molecule has 0 spiro atoms. The van der Waals surface area contributed by atoms with Crippen LogP contribution in [0.4, 0.5) is 5.82 Å². The third-order valence-corrected chi connectivity index (χ3v) is 3.47. The van der Waals surface area contributed by atoms with Gasteiger partial charge in [-0.2, -0.15) is 0 Å². The van der Waals surface area contributed by atoms with Gasteiger partial charge in [-0.3, -0.25) is 0 Å². The third-order valence-electron chi connectivity index (χ3n) is 3.13. The Morgan fingerprint density at radius 1 is 1.65 bits per heavy atom. The molecule has 0 saturated carbocycles. The fourth-order valence-electron chi connectivity index (χ4n) is 2.08. The molecule has 5 heteroatoms. The maximum Gasteiger partial charge on any atom is 0.129 e. The van der Waals surface area contributed by atoms with E-state index < -0.39 is 0 Å². The zero-order valence-electron chi connectivity index (χ0n) is 10.0. The molecular weight excluding hydrogens is 238 g/mol. The second-order valence-corrected chi connectivity index (χ2v) is 4.58. The molecule has 94 valence electrons. The van der Waals surface area contributed by atoms with Gasteiger partial charge in [0.1, 0.15) is 5.82 Å². The summed E-state index contributed by atoms with van der Waals surface area (Å²) in [6, 6.07) is 2.37. The maximum atomic E-state index is 6.02. The van der Waals surface area contributed by atoms with Gasteiger partial charge in [0.15, 0.2) is 0 Å². The van der Waals surface area contributed by atoms with Gasteiger partial charge >= 0.3 is 0 Å². The molecule has 1 aliphatic rings. The Kier molecular flexibility index (Phi) is 4.20. The normalized spacial score (nSPS) is 20.6. The van der Waals surface area contributed by atoms with Crippen molar-refractivity contribution in [2.24, 2.45) is 5.73 Å². The lowest BCUT2D eigenvalue weighted by Gasteiger charge is -2.36. The van der Waals surface area contributed by atoms with E-state index in [1.807, 2.05) is 6.07 Å². The Labute approximate surface area is 107 Å². The van der Waals surface area contributed by atoms with Crippen LogP contribution in [0.1, 0.15) is 18.9 Å². The number of aromatic nitrogens is 1. The Balaban J connectivity index is 2.25. The van der Waals surface area contributed by atoms with Gasteiger partial charge in [-0.15, -0.1) is 0 Å². The number of ether oxygens (including phenoxy) is 1. The van der Waals surface area contributed by atoms with Gasteiger partial charge in [0, 0.05) is 19.3 Å². The average molecular weight is 256 g/mol. The largest absolute Gasteiger partial charge is 0.377 e. The van der Waals surface area contributed by atoms with Crippen LogP contribution in [0.3, 0.4) is 0 Å². The van der Waals surface area contributed by atoms with Gasteiger partial charge in [0.25, 0.3) is 0 Å². The second kappa shape index (κ2) is 5.67. The minimum Gasteiger partial charge on any atom is -0.377 e. The molecule has 1 aliphatic heterocycles. The molecule has 1 unspecified atom stereocenters. The third kappa shape index (κ3) is 2.70.